The van der Waals surface area contributed by atoms with Gasteiger partial charge < -0.3 is 15.5 Å². The van der Waals surface area contributed by atoms with E-state index in [0.29, 0.717) is 38.8 Å². The highest BCUT2D eigenvalue weighted by atomic mass is 16.2. The average molecular weight is 449 g/mol. The number of piperidine rings is 1. The molecule has 7 nitrogen and oxygen atoms in total. The Balaban J connectivity index is 1.65. The number of likely N-dealkylation sites (tertiary alicyclic amines) is 1. The monoisotopic (exact) mass is 448 g/mol. The smallest absolute Gasteiger partial charge is 0.245 e. The van der Waals surface area contributed by atoms with Crippen LogP contribution in [0.15, 0.2) is 48.8 Å². The molecule has 174 valence electrons. The highest BCUT2D eigenvalue weighted by Gasteiger charge is 2.45. The molecule has 0 aliphatic carbocycles. The van der Waals surface area contributed by atoms with Crippen LogP contribution in [0.5, 0.6) is 0 Å². The van der Waals surface area contributed by atoms with E-state index < -0.39 is 11.5 Å². The summed E-state index contributed by atoms with van der Waals surface area (Å²) in [7, 11) is 0. The molecule has 2 fully saturated rings. The molecule has 33 heavy (non-hydrogen) atoms. The number of amides is 3. The quantitative estimate of drug-likeness (QED) is 0.711. The highest BCUT2D eigenvalue weighted by molar-refractivity contribution is 5.92. The van der Waals surface area contributed by atoms with Gasteiger partial charge in [0.25, 0.3) is 0 Å². The third-order valence-electron chi connectivity index (χ3n) is 6.60. The number of benzene rings is 1. The van der Waals surface area contributed by atoms with Gasteiger partial charge in [0.2, 0.25) is 17.7 Å². The van der Waals surface area contributed by atoms with Crippen molar-refractivity contribution in [3.05, 3.63) is 54.4 Å². The Morgan fingerprint density at radius 2 is 2.06 bits per heavy atom. The zero-order valence-electron chi connectivity index (χ0n) is 19.3. The summed E-state index contributed by atoms with van der Waals surface area (Å²) in [6, 6.07) is 11.5. The lowest BCUT2D eigenvalue weighted by atomic mass is 9.73. The summed E-state index contributed by atoms with van der Waals surface area (Å²) in [6.07, 6.45) is 6.44. The van der Waals surface area contributed by atoms with E-state index in [1.807, 2.05) is 44.3 Å². The van der Waals surface area contributed by atoms with Crippen molar-refractivity contribution in [3.63, 3.8) is 0 Å². The van der Waals surface area contributed by atoms with Crippen molar-refractivity contribution in [1.82, 2.24) is 20.5 Å². The van der Waals surface area contributed by atoms with Gasteiger partial charge in [-0.1, -0.05) is 30.3 Å². The van der Waals surface area contributed by atoms with Crippen LogP contribution in [0.4, 0.5) is 0 Å². The van der Waals surface area contributed by atoms with E-state index in [4.69, 9.17) is 0 Å². The first kappa shape index (κ1) is 23.0. The lowest BCUT2D eigenvalue weighted by Crippen LogP contribution is -2.57. The van der Waals surface area contributed by atoms with Crippen molar-refractivity contribution < 1.29 is 14.4 Å². The van der Waals surface area contributed by atoms with Crippen molar-refractivity contribution >= 4 is 17.7 Å². The lowest BCUT2D eigenvalue weighted by molar-refractivity contribution is -0.143. The van der Waals surface area contributed by atoms with E-state index >= 15 is 0 Å². The standard InChI is InChI=1S/C26H32N4O3/c1-18(2)28-25(33)26(12-6-14-30(17-26)24(32)22-10-11-23(31)29-22)15-19-7-3-4-9-21(19)20-8-5-13-27-16-20/h3-5,7-9,13,16,18,22H,6,10-12,14-15,17H2,1-2H3,(H,28,33)(H,29,31)/t22-,26-/m1/s1. The first-order chi connectivity index (χ1) is 15.9. The van der Waals surface area contributed by atoms with Crippen molar-refractivity contribution in [2.75, 3.05) is 13.1 Å². The van der Waals surface area contributed by atoms with Crippen LogP contribution < -0.4 is 10.6 Å². The Hall–Kier alpha value is -3.22. The molecule has 4 rings (SSSR count). The number of hydrogen-bond donors (Lipinski definition) is 2. The number of pyridine rings is 1. The van der Waals surface area contributed by atoms with Gasteiger partial charge in [-0.15, -0.1) is 0 Å². The zero-order valence-corrected chi connectivity index (χ0v) is 19.3. The van der Waals surface area contributed by atoms with E-state index in [1.54, 1.807) is 11.1 Å². The fourth-order valence-corrected chi connectivity index (χ4v) is 5.01. The maximum atomic E-state index is 13.6. The summed E-state index contributed by atoms with van der Waals surface area (Å²) in [4.78, 5) is 44.5. The van der Waals surface area contributed by atoms with Gasteiger partial charge in [-0.2, -0.15) is 0 Å². The molecule has 3 heterocycles. The van der Waals surface area contributed by atoms with Crippen LogP contribution in [0.2, 0.25) is 0 Å². The Morgan fingerprint density at radius 3 is 2.76 bits per heavy atom. The predicted octanol–water partition coefficient (Wildman–Crippen LogP) is 2.70. The van der Waals surface area contributed by atoms with Gasteiger partial charge in [-0.3, -0.25) is 19.4 Å². The maximum absolute atomic E-state index is 13.6. The molecular weight excluding hydrogens is 416 g/mol. The molecule has 0 spiro atoms. The van der Waals surface area contributed by atoms with Crippen LogP contribution >= 0.6 is 0 Å². The van der Waals surface area contributed by atoms with E-state index in [-0.39, 0.29) is 23.8 Å². The number of nitrogens with one attached hydrogen (secondary N) is 2. The third-order valence-corrected chi connectivity index (χ3v) is 6.60. The van der Waals surface area contributed by atoms with Crippen LogP contribution in [0.1, 0.15) is 45.1 Å². The van der Waals surface area contributed by atoms with Crippen LogP contribution in [0.25, 0.3) is 11.1 Å². The van der Waals surface area contributed by atoms with Gasteiger partial charge in [0.05, 0.1) is 5.41 Å². The number of nitrogens with zero attached hydrogens (tertiary/aromatic N) is 2. The normalized spacial score (nSPS) is 22.8. The van der Waals surface area contributed by atoms with Crippen LogP contribution in [-0.4, -0.2) is 52.8 Å². The molecule has 7 heteroatoms. The summed E-state index contributed by atoms with van der Waals surface area (Å²) < 4.78 is 0. The van der Waals surface area contributed by atoms with Gasteiger partial charge in [-0.25, -0.2) is 0 Å². The number of carbonyl (C=O) groups is 3. The minimum atomic E-state index is -0.737. The second-order valence-electron chi connectivity index (χ2n) is 9.51. The van der Waals surface area contributed by atoms with Crippen LogP contribution in [0.3, 0.4) is 0 Å². The summed E-state index contributed by atoms with van der Waals surface area (Å²) in [5.41, 5.74) is 2.38. The number of hydrogen-bond acceptors (Lipinski definition) is 4. The molecule has 2 aliphatic heterocycles. The molecule has 3 amide bonds. The fourth-order valence-electron chi connectivity index (χ4n) is 5.01. The van der Waals surface area contributed by atoms with Gasteiger partial charge in [0.15, 0.2) is 0 Å². The topological polar surface area (TPSA) is 91.4 Å². The second-order valence-corrected chi connectivity index (χ2v) is 9.51. The van der Waals surface area contributed by atoms with Gasteiger partial charge in [-0.05, 0) is 56.7 Å². The molecule has 2 N–H and O–H groups in total. The first-order valence-electron chi connectivity index (χ1n) is 11.8. The number of rotatable bonds is 6. The molecule has 0 unspecified atom stereocenters. The van der Waals surface area contributed by atoms with E-state index in [2.05, 4.69) is 27.8 Å². The summed E-state index contributed by atoms with van der Waals surface area (Å²) in [6.45, 7) is 4.86. The number of carbonyl (C=O) groups excluding carboxylic acids is 3. The molecule has 2 saturated heterocycles. The molecule has 2 atom stereocenters. The maximum Gasteiger partial charge on any atom is 0.245 e. The van der Waals surface area contributed by atoms with Crippen molar-refractivity contribution in [1.29, 1.82) is 0 Å². The average Bonchev–Trinajstić information content (AvgIpc) is 3.25. The van der Waals surface area contributed by atoms with E-state index in [0.717, 1.165) is 23.1 Å². The minimum absolute atomic E-state index is 0.00291. The van der Waals surface area contributed by atoms with Crippen molar-refractivity contribution in [2.24, 2.45) is 5.41 Å². The summed E-state index contributed by atoms with van der Waals surface area (Å²) in [5, 5.41) is 5.89. The fraction of sp³-hybridized carbons (Fsp3) is 0.462. The molecule has 2 aromatic rings. The SMILES string of the molecule is CC(C)NC(=O)[C@@]1(Cc2ccccc2-c2cccnc2)CCCN(C(=O)[C@H]2CCC(=O)N2)C1. The van der Waals surface area contributed by atoms with Gasteiger partial charge in [0.1, 0.15) is 6.04 Å². The van der Waals surface area contributed by atoms with Crippen LogP contribution in [0, 0.1) is 5.41 Å². The van der Waals surface area contributed by atoms with Gasteiger partial charge >= 0.3 is 0 Å². The lowest BCUT2D eigenvalue weighted by Gasteiger charge is -2.43. The zero-order chi connectivity index (χ0) is 23.4. The molecule has 0 saturated carbocycles. The summed E-state index contributed by atoms with van der Waals surface area (Å²) in [5.74, 6) is -0.186. The van der Waals surface area contributed by atoms with E-state index in [1.165, 1.54) is 0 Å². The molecule has 1 aromatic carbocycles. The largest absolute Gasteiger partial charge is 0.353 e. The third kappa shape index (κ3) is 5.07. The Labute approximate surface area is 195 Å². The number of aromatic nitrogens is 1. The molecule has 0 bridgehead atoms. The molecule has 2 aliphatic rings. The summed E-state index contributed by atoms with van der Waals surface area (Å²) >= 11 is 0. The molecular formula is C26H32N4O3. The first-order valence-corrected chi connectivity index (χ1v) is 11.8. The van der Waals surface area contributed by atoms with Crippen molar-refractivity contribution in [2.45, 2.75) is 58.0 Å². The Morgan fingerprint density at radius 1 is 1.24 bits per heavy atom. The predicted molar refractivity (Wildman–Crippen MR) is 126 cm³/mol. The molecule has 1 aromatic heterocycles. The Bertz CT molecular complexity index is 1020. The van der Waals surface area contributed by atoms with Crippen LogP contribution in [-0.2, 0) is 20.8 Å². The highest BCUT2D eigenvalue weighted by Crippen LogP contribution is 2.37. The molecule has 0 radical (unpaired) electrons. The van der Waals surface area contributed by atoms with Gasteiger partial charge in [0, 0.05) is 43.5 Å². The van der Waals surface area contributed by atoms with Crippen molar-refractivity contribution in [3.8, 4) is 11.1 Å². The Kier molecular flexibility index (Phi) is 6.77. The minimum Gasteiger partial charge on any atom is -0.353 e. The van der Waals surface area contributed by atoms with E-state index in [9.17, 15) is 14.4 Å². The second kappa shape index (κ2) is 9.73.